The van der Waals surface area contributed by atoms with Crippen molar-refractivity contribution in [3.8, 4) is 5.75 Å². The predicted molar refractivity (Wildman–Crippen MR) is 100.0 cm³/mol. The zero-order valence-corrected chi connectivity index (χ0v) is 15.6. The number of amides is 1. The van der Waals surface area contributed by atoms with E-state index in [0.717, 1.165) is 15.8 Å². The Labute approximate surface area is 148 Å². The number of benzene rings is 1. The second-order valence-electron chi connectivity index (χ2n) is 4.94. The first kappa shape index (κ1) is 17.2. The van der Waals surface area contributed by atoms with Crippen LogP contribution in [0.1, 0.15) is 19.4 Å². The van der Waals surface area contributed by atoms with Crippen molar-refractivity contribution in [2.24, 2.45) is 0 Å². The standard InChI is InChI=1S/C16H16BrNO2S2/c1-4-7-18-15(19)14(22-16(18)21)9-11-5-6-13(12(17)8-11)20-10(2)3/h4-6,8-10H,1,7H2,2-3H3/b14-9+. The zero-order valence-electron chi connectivity index (χ0n) is 12.3. The lowest BCUT2D eigenvalue weighted by Crippen LogP contribution is -2.27. The molecule has 1 aromatic rings. The molecule has 1 amide bonds. The SMILES string of the molecule is C=CCN1C(=O)/C(=C\c2ccc(OC(C)C)c(Br)c2)SC1=S. The molecule has 2 rings (SSSR count). The smallest absolute Gasteiger partial charge is 0.266 e. The molecule has 1 aliphatic rings. The number of ether oxygens (including phenoxy) is 1. The van der Waals surface area contributed by atoms with Crippen LogP contribution in [-0.2, 0) is 4.79 Å². The van der Waals surface area contributed by atoms with Gasteiger partial charge in [-0.15, -0.1) is 6.58 Å². The van der Waals surface area contributed by atoms with Crippen LogP contribution in [-0.4, -0.2) is 27.8 Å². The van der Waals surface area contributed by atoms with Crippen molar-refractivity contribution in [1.29, 1.82) is 0 Å². The highest BCUT2D eigenvalue weighted by Gasteiger charge is 2.30. The predicted octanol–water partition coefficient (Wildman–Crippen LogP) is 4.62. The van der Waals surface area contributed by atoms with Crippen molar-refractivity contribution in [2.75, 3.05) is 6.54 Å². The van der Waals surface area contributed by atoms with Crippen LogP contribution >= 0.6 is 39.9 Å². The van der Waals surface area contributed by atoms with E-state index < -0.39 is 0 Å². The monoisotopic (exact) mass is 397 g/mol. The summed E-state index contributed by atoms with van der Waals surface area (Å²) in [5, 5.41) is 0. The highest BCUT2D eigenvalue weighted by molar-refractivity contribution is 9.10. The van der Waals surface area contributed by atoms with Gasteiger partial charge in [-0.05, 0) is 53.5 Å². The van der Waals surface area contributed by atoms with Gasteiger partial charge in [0.25, 0.3) is 5.91 Å². The van der Waals surface area contributed by atoms with E-state index in [1.54, 1.807) is 11.0 Å². The normalized spacial score (nSPS) is 16.7. The Hall–Kier alpha value is -1.11. The third kappa shape index (κ3) is 4.00. The molecule has 22 heavy (non-hydrogen) atoms. The van der Waals surface area contributed by atoms with Gasteiger partial charge in [-0.2, -0.15) is 0 Å². The maximum absolute atomic E-state index is 12.3. The molecule has 1 fully saturated rings. The number of hydrogen-bond donors (Lipinski definition) is 0. The van der Waals surface area contributed by atoms with E-state index in [9.17, 15) is 4.79 Å². The highest BCUT2D eigenvalue weighted by Crippen LogP contribution is 2.34. The molecular weight excluding hydrogens is 382 g/mol. The molecule has 0 radical (unpaired) electrons. The van der Waals surface area contributed by atoms with E-state index in [-0.39, 0.29) is 12.0 Å². The minimum atomic E-state index is -0.0754. The third-order valence-corrected chi connectivity index (χ3v) is 4.80. The van der Waals surface area contributed by atoms with Crippen molar-refractivity contribution >= 4 is 56.2 Å². The number of thioether (sulfide) groups is 1. The van der Waals surface area contributed by atoms with Gasteiger partial charge in [0.05, 0.1) is 15.5 Å². The Morgan fingerprint density at radius 1 is 1.50 bits per heavy atom. The van der Waals surface area contributed by atoms with Gasteiger partial charge >= 0.3 is 0 Å². The molecule has 1 aromatic carbocycles. The Morgan fingerprint density at radius 2 is 2.23 bits per heavy atom. The van der Waals surface area contributed by atoms with Gasteiger partial charge < -0.3 is 4.74 Å². The van der Waals surface area contributed by atoms with E-state index in [1.807, 2.05) is 38.1 Å². The molecule has 0 unspecified atom stereocenters. The van der Waals surface area contributed by atoms with Gasteiger partial charge in [-0.1, -0.05) is 36.1 Å². The second-order valence-corrected chi connectivity index (χ2v) is 7.47. The van der Waals surface area contributed by atoms with Crippen LogP contribution in [0, 0.1) is 0 Å². The molecule has 1 aliphatic heterocycles. The van der Waals surface area contributed by atoms with Crippen LogP contribution in [0.25, 0.3) is 6.08 Å². The summed E-state index contributed by atoms with van der Waals surface area (Å²) in [6.45, 7) is 8.04. The van der Waals surface area contributed by atoms with Crippen molar-refractivity contribution in [3.63, 3.8) is 0 Å². The van der Waals surface area contributed by atoms with Gasteiger partial charge in [-0.3, -0.25) is 9.69 Å². The summed E-state index contributed by atoms with van der Waals surface area (Å²) in [5.74, 6) is 0.708. The lowest BCUT2D eigenvalue weighted by molar-refractivity contribution is -0.121. The van der Waals surface area contributed by atoms with Gasteiger partial charge in [0.15, 0.2) is 0 Å². The summed E-state index contributed by atoms with van der Waals surface area (Å²) in [6, 6.07) is 5.74. The molecule has 0 aliphatic carbocycles. The average molecular weight is 398 g/mol. The molecule has 1 saturated heterocycles. The number of rotatable bonds is 5. The molecule has 0 bridgehead atoms. The van der Waals surface area contributed by atoms with Crippen LogP contribution in [0.4, 0.5) is 0 Å². The van der Waals surface area contributed by atoms with Crippen LogP contribution in [0.5, 0.6) is 5.75 Å². The fourth-order valence-electron chi connectivity index (χ4n) is 1.89. The van der Waals surface area contributed by atoms with Gasteiger partial charge in [0.2, 0.25) is 0 Å². The highest BCUT2D eigenvalue weighted by atomic mass is 79.9. The molecular formula is C16H16BrNO2S2. The first-order chi connectivity index (χ1) is 10.4. The van der Waals surface area contributed by atoms with Gasteiger partial charge in [0, 0.05) is 6.54 Å². The molecule has 6 heteroatoms. The largest absolute Gasteiger partial charge is 0.490 e. The van der Waals surface area contributed by atoms with E-state index in [4.69, 9.17) is 17.0 Å². The van der Waals surface area contributed by atoms with E-state index in [2.05, 4.69) is 22.5 Å². The molecule has 116 valence electrons. The Balaban J connectivity index is 2.23. The number of nitrogens with zero attached hydrogens (tertiary/aromatic N) is 1. The summed E-state index contributed by atoms with van der Waals surface area (Å²) in [6.07, 6.45) is 3.62. The first-order valence-corrected chi connectivity index (χ1v) is 8.76. The molecule has 0 aromatic heterocycles. The summed E-state index contributed by atoms with van der Waals surface area (Å²) in [5.41, 5.74) is 0.919. The Bertz CT molecular complexity index is 656. The third-order valence-electron chi connectivity index (χ3n) is 2.80. The summed E-state index contributed by atoms with van der Waals surface area (Å²) >= 11 is 10.0. The number of carbonyl (C=O) groups is 1. The van der Waals surface area contributed by atoms with E-state index >= 15 is 0 Å². The summed E-state index contributed by atoms with van der Waals surface area (Å²) in [7, 11) is 0. The molecule has 0 saturated carbocycles. The van der Waals surface area contributed by atoms with Crippen molar-refractivity contribution < 1.29 is 9.53 Å². The molecule has 0 atom stereocenters. The second kappa shape index (κ2) is 7.44. The van der Waals surface area contributed by atoms with Crippen molar-refractivity contribution in [2.45, 2.75) is 20.0 Å². The van der Waals surface area contributed by atoms with E-state index in [0.29, 0.717) is 15.8 Å². The number of carbonyl (C=O) groups excluding carboxylic acids is 1. The van der Waals surface area contributed by atoms with Crippen molar-refractivity contribution in [1.82, 2.24) is 4.90 Å². The van der Waals surface area contributed by atoms with Crippen LogP contribution in [0.2, 0.25) is 0 Å². The average Bonchev–Trinajstić information content (AvgIpc) is 2.70. The van der Waals surface area contributed by atoms with Crippen molar-refractivity contribution in [3.05, 3.63) is 45.8 Å². The van der Waals surface area contributed by atoms with E-state index in [1.165, 1.54) is 11.8 Å². The lowest BCUT2D eigenvalue weighted by atomic mass is 10.2. The first-order valence-electron chi connectivity index (χ1n) is 6.75. The Morgan fingerprint density at radius 3 is 2.82 bits per heavy atom. The number of thiocarbonyl (C=S) groups is 1. The number of halogens is 1. The van der Waals surface area contributed by atoms with Gasteiger partial charge in [0.1, 0.15) is 10.1 Å². The molecule has 0 N–H and O–H groups in total. The van der Waals surface area contributed by atoms with Gasteiger partial charge in [-0.25, -0.2) is 0 Å². The minimum Gasteiger partial charge on any atom is -0.490 e. The minimum absolute atomic E-state index is 0.0754. The quantitative estimate of drug-likeness (QED) is 0.411. The summed E-state index contributed by atoms with van der Waals surface area (Å²) in [4.78, 5) is 14.4. The summed E-state index contributed by atoms with van der Waals surface area (Å²) < 4.78 is 7.10. The molecule has 1 heterocycles. The fourth-order valence-corrected chi connectivity index (χ4v) is 3.66. The maximum atomic E-state index is 12.3. The topological polar surface area (TPSA) is 29.5 Å². The van der Waals surface area contributed by atoms with Crippen LogP contribution in [0.3, 0.4) is 0 Å². The lowest BCUT2D eigenvalue weighted by Gasteiger charge is -2.12. The maximum Gasteiger partial charge on any atom is 0.266 e. The zero-order chi connectivity index (χ0) is 16.3. The molecule has 3 nitrogen and oxygen atoms in total. The molecule has 0 spiro atoms. The Kier molecular flexibility index (Phi) is 5.83. The van der Waals surface area contributed by atoms with Crippen LogP contribution < -0.4 is 4.74 Å². The van der Waals surface area contributed by atoms with Crippen LogP contribution in [0.15, 0.2) is 40.2 Å². The number of hydrogen-bond acceptors (Lipinski definition) is 4. The fraction of sp³-hybridized carbons (Fsp3) is 0.250.